The molecular formula is C29H34ClFN2O3. The van der Waals surface area contributed by atoms with Crippen LogP contribution in [0.1, 0.15) is 52.0 Å². The summed E-state index contributed by atoms with van der Waals surface area (Å²) in [6.45, 7) is 9.57. The van der Waals surface area contributed by atoms with Gasteiger partial charge in [0.2, 0.25) is 0 Å². The second-order valence-corrected chi connectivity index (χ2v) is 10.8. The minimum absolute atomic E-state index is 0.00548. The molecule has 0 bridgehead atoms. The lowest BCUT2D eigenvalue weighted by molar-refractivity contribution is -0.153. The van der Waals surface area contributed by atoms with Crippen molar-refractivity contribution in [1.82, 2.24) is 9.88 Å². The summed E-state index contributed by atoms with van der Waals surface area (Å²) in [5, 5.41) is 0.866. The van der Waals surface area contributed by atoms with E-state index in [-0.39, 0.29) is 17.4 Å². The highest BCUT2D eigenvalue weighted by molar-refractivity contribution is 6.31. The molecular weight excluding hydrogens is 479 g/mol. The molecule has 0 spiro atoms. The summed E-state index contributed by atoms with van der Waals surface area (Å²) < 4.78 is 25.4. The van der Waals surface area contributed by atoms with Gasteiger partial charge in [-0.25, -0.2) is 9.37 Å². The topological polar surface area (TPSA) is 51.7 Å². The molecule has 192 valence electrons. The molecule has 1 aromatic heterocycles. The molecule has 0 N–H and O–H groups in total. The summed E-state index contributed by atoms with van der Waals surface area (Å²) in [6, 6.07) is 12.1. The van der Waals surface area contributed by atoms with E-state index in [0.717, 1.165) is 29.6 Å². The van der Waals surface area contributed by atoms with Gasteiger partial charge < -0.3 is 14.4 Å². The van der Waals surface area contributed by atoms with E-state index in [1.165, 1.54) is 44.5 Å². The van der Waals surface area contributed by atoms with Crippen LogP contribution >= 0.6 is 11.6 Å². The second kappa shape index (κ2) is 11.6. The van der Waals surface area contributed by atoms with E-state index in [0.29, 0.717) is 23.4 Å². The van der Waals surface area contributed by atoms with Crippen molar-refractivity contribution in [3.05, 3.63) is 58.9 Å². The van der Waals surface area contributed by atoms with Crippen molar-refractivity contribution in [2.45, 2.75) is 58.5 Å². The minimum Gasteiger partial charge on any atom is -0.494 e. The third kappa shape index (κ3) is 7.17. The van der Waals surface area contributed by atoms with Crippen LogP contribution in [0.5, 0.6) is 5.75 Å². The van der Waals surface area contributed by atoms with Crippen molar-refractivity contribution < 1.29 is 18.7 Å². The van der Waals surface area contributed by atoms with E-state index in [9.17, 15) is 9.18 Å². The van der Waals surface area contributed by atoms with Gasteiger partial charge in [0.15, 0.2) is 0 Å². The first-order valence-electron chi connectivity index (χ1n) is 12.6. The normalized spacial score (nSPS) is 14.7. The summed E-state index contributed by atoms with van der Waals surface area (Å²) in [5.41, 5.74) is 2.04. The van der Waals surface area contributed by atoms with Crippen molar-refractivity contribution in [2.75, 3.05) is 26.2 Å². The fourth-order valence-electron chi connectivity index (χ4n) is 4.51. The molecule has 0 amide bonds. The molecule has 1 aliphatic heterocycles. The Morgan fingerprint density at radius 2 is 1.86 bits per heavy atom. The number of carbonyl (C=O) groups is 1. The van der Waals surface area contributed by atoms with Gasteiger partial charge >= 0.3 is 5.97 Å². The van der Waals surface area contributed by atoms with Crippen molar-refractivity contribution in [2.24, 2.45) is 0 Å². The maximum absolute atomic E-state index is 13.8. The molecule has 1 aliphatic rings. The number of esters is 1. The quantitative estimate of drug-likeness (QED) is 0.244. The number of ether oxygens (including phenoxy) is 2. The van der Waals surface area contributed by atoms with Crippen LogP contribution < -0.4 is 4.74 Å². The van der Waals surface area contributed by atoms with E-state index in [4.69, 9.17) is 26.1 Å². The number of hydrogen-bond acceptors (Lipinski definition) is 5. The van der Waals surface area contributed by atoms with E-state index in [1.54, 1.807) is 6.07 Å². The Bertz CT molecular complexity index is 1220. The molecule has 7 heteroatoms. The Balaban J connectivity index is 1.56. The fourth-order valence-corrected chi connectivity index (χ4v) is 4.69. The molecule has 0 aliphatic carbocycles. The van der Waals surface area contributed by atoms with Crippen molar-refractivity contribution in [3.63, 3.8) is 0 Å². The summed E-state index contributed by atoms with van der Waals surface area (Å²) in [5.74, 6) is -0.0936. The molecule has 36 heavy (non-hydrogen) atoms. The third-order valence-corrected chi connectivity index (χ3v) is 6.44. The Morgan fingerprint density at radius 1 is 1.08 bits per heavy atom. The number of benzene rings is 2. The lowest BCUT2D eigenvalue weighted by Crippen LogP contribution is -2.31. The van der Waals surface area contributed by atoms with Crippen LogP contribution in [0, 0.1) is 5.82 Å². The molecule has 0 saturated carbocycles. The Labute approximate surface area is 217 Å². The SMILES string of the molecule is CC(C)(C)OC(=O)Cc1cc2cc(OCCCN3CCCCC3)ccc2nc1-c1ccc(F)c(Cl)c1. The molecule has 5 nitrogen and oxygen atoms in total. The molecule has 3 aromatic rings. The molecule has 2 heterocycles. The number of carbonyl (C=O) groups excluding carboxylic acids is 1. The van der Waals surface area contributed by atoms with Crippen LogP contribution in [-0.2, 0) is 16.0 Å². The van der Waals surface area contributed by atoms with Crippen LogP contribution in [0.2, 0.25) is 5.02 Å². The number of halogens is 2. The maximum Gasteiger partial charge on any atom is 0.310 e. The first-order chi connectivity index (χ1) is 17.2. The summed E-state index contributed by atoms with van der Waals surface area (Å²) in [7, 11) is 0. The first-order valence-corrected chi connectivity index (χ1v) is 13.0. The van der Waals surface area contributed by atoms with Gasteiger partial charge in [0, 0.05) is 17.5 Å². The van der Waals surface area contributed by atoms with Gasteiger partial charge in [0.1, 0.15) is 17.2 Å². The predicted octanol–water partition coefficient (Wildman–Crippen LogP) is 6.83. The zero-order chi connectivity index (χ0) is 25.7. The highest BCUT2D eigenvalue weighted by atomic mass is 35.5. The molecule has 0 unspecified atom stereocenters. The lowest BCUT2D eigenvalue weighted by Gasteiger charge is -2.26. The number of rotatable bonds is 8. The van der Waals surface area contributed by atoms with Crippen LogP contribution in [0.15, 0.2) is 42.5 Å². The maximum atomic E-state index is 13.8. The average Bonchev–Trinajstić information content (AvgIpc) is 2.82. The largest absolute Gasteiger partial charge is 0.494 e. The van der Waals surface area contributed by atoms with E-state index >= 15 is 0 Å². The van der Waals surface area contributed by atoms with Gasteiger partial charge in [-0.2, -0.15) is 0 Å². The van der Waals surface area contributed by atoms with Crippen molar-refractivity contribution in [1.29, 1.82) is 0 Å². The van der Waals surface area contributed by atoms with Crippen LogP contribution in [0.3, 0.4) is 0 Å². The van der Waals surface area contributed by atoms with Crippen LogP contribution in [0.4, 0.5) is 4.39 Å². The molecule has 2 aromatic carbocycles. The molecule has 4 rings (SSSR count). The predicted molar refractivity (Wildman–Crippen MR) is 142 cm³/mol. The first kappa shape index (κ1) is 26.4. The van der Waals surface area contributed by atoms with Crippen LogP contribution in [-0.4, -0.2) is 47.7 Å². The van der Waals surface area contributed by atoms with Crippen LogP contribution in [0.25, 0.3) is 22.2 Å². The number of hydrogen-bond donors (Lipinski definition) is 0. The summed E-state index contributed by atoms with van der Waals surface area (Å²) in [4.78, 5) is 20.0. The van der Waals surface area contributed by atoms with E-state index in [1.807, 2.05) is 45.0 Å². The van der Waals surface area contributed by atoms with Gasteiger partial charge in [0.05, 0.1) is 29.3 Å². The van der Waals surface area contributed by atoms with Gasteiger partial charge in [-0.05, 0) is 101 Å². The number of nitrogens with zero attached hydrogens (tertiary/aromatic N) is 2. The number of piperidine rings is 1. The number of likely N-dealkylation sites (tertiary alicyclic amines) is 1. The zero-order valence-electron chi connectivity index (χ0n) is 21.3. The standard InChI is InChI=1S/C29H34ClFN2O3/c1-29(2,3)36-27(34)19-22-16-21-17-23(35-15-7-14-33-12-5-4-6-13-33)9-11-26(21)32-28(22)20-8-10-25(31)24(30)18-20/h8-11,16-18H,4-7,12-15,19H2,1-3H3. The van der Waals surface area contributed by atoms with Gasteiger partial charge in [-0.15, -0.1) is 0 Å². The van der Waals surface area contributed by atoms with E-state index in [2.05, 4.69) is 4.90 Å². The Morgan fingerprint density at radius 3 is 2.58 bits per heavy atom. The Kier molecular flexibility index (Phi) is 8.47. The monoisotopic (exact) mass is 512 g/mol. The Hall–Kier alpha value is -2.70. The molecule has 1 saturated heterocycles. The summed E-state index contributed by atoms with van der Waals surface area (Å²) >= 11 is 6.04. The summed E-state index contributed by atoms with van der Waals surface area (Å²) in [6.07, 6.45) is 4.92. The third-order valence-electron chi connectivity index (χ3n) is 6.15. The average molecular weight is 513 g/mol. The number of pyridine rings is 1. The lowest BCUT2D eigenvalue weighted by atomic mass is 10.0. The zero-order valence-corrected chi connectivity index (χ0v) is 22.0. The van der Waals surface area contributed by atoms with E-state index < -0.39 is 11.4 Å². The van der Waals surface area contributed by atoms with Crippen molar-refractivity contribution >= 4 is 28.5 Å². The number of fused-ring (bicyclic) bond motifs is 1. The van der Waals surface area contributed by atoms with Gasteiger partial charge in [-0.1, -0.05) is 18.0 Å². The number of aromatic nitrogens is 1. The smallest absolute Gasteiger partial charge is 0.310 e. The van der Waals surface area contributed by atoms with Gasteiger partial charge in [0.25, 0.3) is 0 Å². The molecule has 1 fully saturated rings. The minimum atomic E-state index is -0.601. The van der Waals surface area contributed by atoms with Crippen molar-refractivity contribution in [3.8, 4) is 17.0 Å². The second-order valence-electron chi connectivity index (χ2n) is 10.3. The highest BCUT2D eigenvalue weighted by Gasteiger charge is 2.20. The highest BCUT2D eigenvalue weighted by Crippen LogP contribution is 2.31. The molecule has 0 radical (unpaired) electrons. The van der Waals surface area contributed by atoms with Gasteiger partial charge in [-0.3, -0.25) is 4.79 Å². The molecule has 0 atom stereocenters. The fraction of sp³-hybridized carbons (Fsp3) is 0.448.